The van der Waals surface area contributed by atoms with E-state index in [2.05, 4.69) is 12.2 Å². The molecule has 0 bridgehead atoms. The van der Waals surface area contributed by atoms with Crippen molar-refractivity contribution >= 4 is 17.5 Å². The number of nitrogens with zero attached hydrogens (tertiary/aromatic N) is 1. The zero-order valence-corrected chi connectivity index (χ0v) is 17.8. The summed E-state index contributed by atoms with van der Waals surface area (Å²) in [5.74, 6) is 0.573. The summed E-state index contributed by atoms with van der Waals surface area (Å²) < 4.78 is 5.27. The van der Waals surface area contributed by atoms with Gasteiger partial charge >= 0.3 is 0 Å². The fourth-order valence-electron chi connectivity index (χ4n) is 4.09. The Morgan fingerprint density at radius 3 is 2.45 bits per heavy atom. The van der Waals surface area contributed by atoms with Gasteiger partial charge in [0.15, 0.2) is 0 Å². The van der Waals surface area contributed by atoms with E-state index in [9.17, 15) is 9.59 Å². The maximum atomic E-state index is 13.1. The van der Waals surface area contributed by atoms with Crippen LogP contribution in [0.1, 0.15) is 46.4 Å². The van der Waals surface area contributed by atoms with Gasteiger partial charge in [-0.05, 0) is 47.4 Å². The molecular formula is C26H26N2O3. The fourth-order valence-corrected chi connectivity index (χ4v) is 4.09. The van der Waals surface area contributed by atoms with Gasteiger partial charge in [-0.2, -0.15) is 0 Å². The highest BCUT2D eigenvalue weighted by Crippen LogP contribution is 2.34. The van der Waals surface area contributed by atoms with Gasteiger partial charge in [-0.15, -0.1) is 0 Å². The normalized spacial score (nSPS) is 13.6. The number of fused-ring (bicyclic) bond motifs is 1. The molecule has 0 aliphatic carbocycles. The van der Waals surface area contributed by atoms with E-state index in [1.165, 1.54) is 0 Å². The number of aryl methyl sites for hydroxylation is 1. The molecular weight excluding hydrogens is 388 g/mol. The molecule has 3 aromatic rings. The first-order chi connectivity index (χ1) is 15.1. The first-order valence-corrected chi connectivity index (χ1v) is 10.5. The molecule has 4 rings (SSSR count). The third kappa shape index (κ3) is 4.31. The van der Waals surface area contributed by atoms with Crippen molar-refractivity contribution in [2.24, 2.45) is 0 Å². The Labute approximate surface area is 182 Å². The van der Waals surface area contributed by atoms with Crippen LogP contribution in [-0.2, 0) is 17.8 Å². The van der Waals surface area contributed by atoms with Gasteiger partial charge in [0.2, 0.25) is 5.91 Å². The van der Waals surface area contributed by atoms with Gasteiger partial charge in [-0.1, -0.05) is 55.5 Å². The van der Waals surface area contributed by atoms with Crippen LogP contribution in [0.25, 0.3) is 0 Å². The van der Waals surface area contributed by atoms with Crippen LogP contribution < -0.4 is 10.1 Å². The molecule has 3 aromatic carbocycles. The van der Waals surface area contributed by atoms with Gasteiger partial charge in [0, 0.05) is 17.8 Å². The Morgan fingerprint density at radius 2 is 1.74 bits per heavy atom. The van der Waals surface area contributed by atoms with E-state index in [0.29, 0.717) is 12.1 Å². The van der Waals surface area contributed by atoms with E-state index < -0.39 is 0 Å². The molecule has 1 N–H and O–H groups in total. The van der Waals surface area contributed by atoms with Crippen molar-refractivity contribution < 1.29 is 14.3 Å². The second kappa shape index (κ2) is 9.04. The van der Waals surface area contributed by atoms with E-state index in [1.54, 1.807) is 12.0 Å². The fraction of sp³-hybridized carbons (Fsp3) is 0.231. The first kappa shape index (κ1) is 20.7. The number of anilines is 1. The van der Waals surface area contributed by atoms with Gasteiger partial charge < -0.3 is 15.0 Å². The third-order valence-corrected chi connectivity index (χ3v) is 5.78. The molecule has 158 valence electrons. The van der Waals surface area contributed by atoms with Crippen LogP contribution in [0.3, 0.4) is 0 Å². The molecule has 1 unspecified atom stereocenters. The zero-order valence-electron chi connectivity index (χ0n) is 17.8. The van der Waals surface area contributed by atoms with E-state index in [0.717, 1.165) is 34.5 Å². The van der Waals surface area contributed by atoms with Crippen LogP contribution in [0.4, 0.5) is 5.69 Å². The van der Waals surface area contributed by atoms with Crippen molar-refractivity contribution in [1.82, 2.24) is 4.90 Å². The number of ether oxygens (including phenoxy) is 1. The van der Waals surface area contributed by atoms with Gasteiger partial charge in [0.1, 0.15) is 5.75 Å². The average molecular weight is 415 g/mol. The summed E-state index contributed by atoms with van der Waals surface area (Å²) in [6, 6.07) is 22.6. The highest BCUT2D eigenvalue weighted by Gasteiger charge is 2.34. The summed E-state index contributed by atoms with van der Waals surface area (Å²) in [5, 5.41) is 3.04. The van der Waals surface area contributed by atoms with Gasteiger partial charge in [0.05, 0.1) is 19.6 Å². The molecule has 0 saturated heterocycles. The van der Waals surface area contributed by atoms with Gasteiger partial charge in [-0.25, -0.2) is 0 Å². The molecule has 1 aliphatic heterocycles. The number of amides is 2. The lowest BCUT2D eigenvalue weighted by atomic mass is 10.0. The predicted molar refractivity (Wildman–Crippen MR) is 121 cm³/mol. The third-order valence-electron chi connectivity index (χ3n) is 5.78. The molecule has 31 heavy (non-hydrogen) atoms. The minimum atomic E-state index is -0.375. The molecule has 1 atom stereocenters. The maximum absolute atomic E-state index is 13.1. The van der Waals surface area contributed by atoms with Crippen molar-refractivity contribution in [3.8, 4) is 5.75 Å². The summed E-state index contributed by atoms with van der Waals surface area (Å²) in [5.41, 5.74) is 4.50. The Balaban J connectivity index is 1.61. The van der Waals surface area contributed by atoms with E-state index in [4.69, 9.17) is 4.74 Å². The van der Waals surface area contributed by atoms with Gasteiger partial charge in [-0.3, -0.25) is 9.59 Å². The lowest BCUT2D eigenvalue weighted by Crippen LogP contribution is -2.32. The molecule has 5 nitrogen and oxygen atoms in total. The van der Waals surface area contributed by atoms with Crippen molar-refractivity contribution in [3.05, 3.63) is 95.1 Å². The minimum Gasteiger partial charge on any atom is -0.497 e. The standard InChI is InChI=1S/C26H26N2O3/c1-3-18-8-5-7-11-23(18)27-25(29)16-24(19-12-14-21(31-2)15-13-19)28-17-20-9-4-6-10-22(20)26(28)30/h4-15,24H,3,16-17H2,1-2H3,(H,27,29). The first-order valence-electron chi connectivity index (χ1n) is 10.5. The Morgan fingerprint density at radius 1 is 1.03 bits per heavy atom. The predicted octanol–water partition coefficient (Wildman–Crippen LogP) is 4.98. The van der Waals surface area contributed by atoms with Crippen molar-refractivity contribution in [1.29, 1.82) is 0 Å². The van der Waals surface area contributed by atoms with E-state index in [1.807, 2.05) is 72.8 Å². The topological polar surface area (TPSA) is 58.6 Å². The molecule has 0 fully saturated rings. The Kier molecular flexibility index (Phi) is 6.03. The molecule has 1 heterocycles. The number of para-hydroxylation sites is 1. The molecule has 0 spiro atoms. The maximum Gasteiger partial charge on any atom is 0.255 e. The van der Waals surface area contributed by atoms with Crippen molar-refractivity contribution in [2.45, 2.75) is 32.4 Å². The van der Waals surface area contributed by atoms with Crippen molar-refractivity contribution in [3.63, 3.8) is 0 Å². The molecule has 0 saturated carbocycles. The van der Waals surface area contributed by atoms with Crippen LogP contribution in [0.2, 0.25) is 0 Å². The number of carbonyl (C=O) groups is 2. The van der Waals surface area contributed by atoms with Crippen LogP contribution in [0.15, 0.2) is 72.8 Å². The number of rotatable bonds is 7. The van der Waals surface area contributed by atoms with Crippen LogP contribution in [-0.4, -0.2) is 23.8 Å². The lowest BCUT2D eigenvalue weighted by Gasteiger charge is -2.28. The highest BCUT2D eigenvalue weighted by atomic mass is 16.5. The number of benzene rings is 3. The number of hydrogen-bond donors (Lipinski definition) is 1. The number of carbonyl (C=O) groups excluding carboxylic acids is 2. The second-order valence-electron chi connectivity index (χ2n) is 7.64. The monoisotopic (exact) mass is 414 g/mol. The Bertz CT molecular complexity index is 1090. The largest absolute Gasteiger partial charge is 0.497 e. The lowest BCUT2D eigenvalue weighted by molar-refractivity contribution is -0.117. The summed E-state index contributed by atoms with van der Waals surface area (Å²) >= 11 is 0. The summed E-state index contributed by atoms with van der Waals surface area (Å²) in [4.78, 5) is 28.0. The average Bonchev–Trinajstić information content (AvgIpc) is 3.14. The number of nitrogens with one attached hydrogen (secondary N) is 1. The SMILES string of the molecule is CCc1ccccc1NC(=O)CC(c1ccc(OC)cc1)N1Cc2ccccc2C1=O. The van der Waals surface area contributed by atoms with Crippen LogP contribution in [0, 0.1) is 0 Å². The van der Waals surface area contributed by atoms with E-state index in [-0.39, 0.29) is 24.3 Å². The quantitative estimate of drug-likeness (QED) is 0.593. The smallest absolute Gasteiger partial charge is 0.255 e. The molecule has 0 radical (unpaired) electrons. The Hall–Kier alpha value is -3.60. The zero-order chi connectivity index (χ0) is 21.8. The number of hydrogen-bond acceptors (Lipinski definition) is 3. The van der Waals surface area contributed by atoms with Gasteiger partial charge in [0.25, 0.3) is 5.91 Å². The molecule has 5 heteroatoms. The molecule has 1 aliphatic rings. The summed E-state index contributed by atoms with van der Waals surface area (Å²) in [6.07, 6.45) is 1.00. The second-order valence-corrected chi connectivity index (χ2v) is 7.64. The van der Waals surface area contributed by atoms with Crippen LogP contribution in [0.5, 0.6) is 5.75 Å². The summed E-state index contributed by atoms with van der Waals surface area (Å²) in [7, 11) is 1.62. The molecule has 0 aromatic heterocycles. The summed E-state index contributed by atoms with van der Waals surface area (Å²) in [6.45, 7) is 2.55. The number of methoxy groups -OCH3 is 1. The highest BCUT2D eigenvalue weighted by molar-refractivity contribution is 5.99. The van der Waals surface area contributed by atoms with Crippen LogP contribution >= 0.6 is 0 Å². The van der Waals surface area contributed by atoms with E-state index >= 15 is 0 Å². The molecule has 2 amide bonds. The van der Waals surface area contributed by atoms with Crippen molar-refractivity contribution in [2.75, 3.05) is 12.4 Å². The minimum absolute atomic E-state index is 0.0434.